The van der Waals surface area contributed by atoms with Crippen LogP contribution in [0.5, 0.6) is 0 Å². The van der Waals surface area contributed by atoms with Gasteiger partial charge in [-0.2, -0.15) is 5.26 Å². The van der Waals surface area contributed by atoms with Gasteiger partial charge >= 0.3 is 0 Å². The second kappa shape index (κ2) is 9.30. The molecule has 0 N–H and O–H groups in total. The molecule has 4 rings (SSSR count). The molecule has 4 aromatic rings. The van der Waals surface area contributed by atoms with Gasteiger partial charge in [-0.05, 0) is 59.9 Å². The van der Waals surface area contributed by atoms with Crippen LogP contribution in [0.2, 0.25) is 0 Å². The average molecular weight is 362 g/mol. The lowest BCUT2D eigenvalue weighted by Crippen LogP contribution is -1.82. The van der Waals surface area contributed by atoms with E-state index in [1.165, 1.54) is 27.8 Å². The van der Waals surface area contributed by atoms with Crippen molar-refractivity contribution >= 4 is 0 Å². The summed E-state index contributed by atoms with van der Waals surface area (Å²) in [4.78, 5) is 4.08. The van der Waals surface area contributed by atoms with Crippen LogP contribution in [0, 0.1) is 25.2 Å². The Labute approximate surface area is 166 Å². The number of hydrogen-bond acceptors (Lipinski definition) is 2. The highest BCUT2D eigenvalue weighted by molar-refractivity contribution is 5.67. The molecule has 0 radical (unpaired) electrons. The Morgan fingerprint density at radius 3 is 1.96 bits per heavy atom. The van der Waals surface area contributed by atoms with E-state index in [0.29, 0.717) is 5.56 Å². The molecule has 28 heavy (non-hydrogen) atoms. The van der Waals surface area contributed by atoms with Gasteiger partial charge in [-0.3, -0.25) is 4.98 Å². The summed E-state index contributed by atoms with van der Waals surface area (Å²) in [7, 11) is 0. The van der Waals surface area contributed by atoms with E-state index >= 15 is 0 Å². The summed E-state index contributed by atoms with van der Waals surface area (Å²) in [6.45, 7) is 4.18. The molecule has 0 aliphatic carbocycles. The number of aryl methyl sites for hydroxylation is 2. The van der Waals surface area contributed by atoms with Crippen molar-refractivity contribution in [3.8, 4) is 28.3 Å². The topological polar surface area (TPSA) is 36.7 Å². The fourth-order valence-electron chi connectivity index (χ4n) is 2.90. The van der Waals surface area contributed by atoms with E-state index in [1.54, 1.807) is 6.20 Å². The Morgan fingerprint density at radius 2 is 1.36 bits per heavy atom. The van der Waals surface area contributed by atoms with Gasteiger partial charge in [0.15, 0.2) is 0 Å². The van der Waals surface area contributed by atoms with Crippen molar-refractivity contribution in [2.45, 2.75) is 13.8 Å². The van der Waals surface area contributed by atoms with Crippen LogP contribution >= 0.6 is 0 Å². The molecule has 0 saturated heterocycles. The Kier molecular flexibility index (Phi) is 6.33. The van der Waals surface area contributed by atoms with Crippen LogP contribution in [-0.2, 0) is 0 Å². The van der Waals surface area contributed by atoms with Gasteiger partial charge in [0.25, 0.3) is 0 Å². The molecule has 0 amide bonds. The third-order valence-corrected chi connectivity index (χ3v) is 4.52. The molecule has 0 atom stereocenters. The van der Waals surface area contributed by atoms with E-state index < -0.39 is 0 Å². The molecule has 0 saturated carbocycles. The van der Waals surface area contributed by atoms with E-state index in [-0.39, 0.29) is 0 Å². The Hall–Kier alpha value is -3.70. The number of aromatic nitrogens is 1. The summed E-state index contributed by atoms with van der Waals surface area (Å²) in [6, 6.07) is 30.5. The molecule has 3 aromatic carbocycles. The van der Waals surface area contributed by atoms with Crippen molar-refractivity contribution in [3.05, 3.63) is 114 Å². The molecular weight excluding hydrogens is 340 g/mol. The number of nitriles is 1. The van der Waals surface area contributed by atoms with Gasteiger partial charge in [-0.15, -0.1) is 0 Å². The maximum Gasteiger partial charge on any atom is 0.0991 e. The highest BCUT2D eigenvalue weighted by Gasteiger charge is 2.00. The van der Waals surface area contributed by atoms with Gasteiger partial charge < -0.3 is 0 Å². The highest BCUT2D eigenvalue weighted by Crippen LogP contribution is 2.23. The summed E-state index contributed by atoms with van der Waals surface area (Å²) >= 11 is 0. The molecule has 0 spiro atoms. The van der Waals surface area contributed by atoms with Crippen molar-refractivity contribution in [3.63, 3.8) is 0 Å². The monoisotopic (exact) mass is 362 g/mol. The summed E-state index contributed by atoms with van der Waals surface area (Å²) in [5.74, 6) is 0. The van der Waals surface area contributed by atoms with Crippen molar-refractivity contribution in [2.24, 2.45) is 0 Å². The molecule has 2 heteroatoms. The van der Waals surface area contributed by atoms with Crippen LogP contribution < -0.4 is 0 Å². The maximum absolute atomic E-state index is 8.70. The lowest BCUT2D eigenvalue weighted by Gasteiger charge is -2.04. The van der Waals surface area contributed by atoms with Crippen LogP contribution in [0.1, 0.15) is 16.7 Å². The van der Waals surface area contributed by atoms with Gasteiger partial charge in [-0.1, -0.05) is 72.3 Å². The largest absolute Gasteiger partial charge is 0.264 e. The molecule has 136 valence electrons. The Morgan fingerprint density at radius 1 is 0.679 bits per heavy atom. The SMILES string of the molecule is Cc1ccc(-c2cccnc2)cc1.Cc1ccccc1-c1ccc(C#N)cc1. The first-order valence-corrected chi connectivity index (χ1v) is 9.20. The summed E-state index contributed by atoms with van der Waals surface area (Å²) in [5, 5.41) is 8.70. The van der Waals surface area contributed by atoms with E-state index in [9.17, 15) is 0 Å². The van der Waals surface area contributed by atoms with Crippen LogP contribution in [0.15, 0.2) is 97.3 Å². The first-order valence-electron chi connectivity index (χ1n) is 9.20. The summed E-state index contributed by atoms with van der Waals surface area (Å²) in [5.41, 5.74) is 8.01. The van der Waals surface area contributed by atoms with Crippen molar-refractivity contribution in [2.75, 3.05) is 0 Å². The van der Waals surface area contributed by atoms with Gasteiger partial charge in [0.05, 0.1) is 11.6 Å². The highest BCUT2D eigenvalue weighted by atomic mass is 14.6. The molecule has 0 fully saturated rings. The van der Waals surface area contributed by atoms with Crippen LogP contribution in [-0.4, -0.2) is 4.98 Å². The minimum absolute atomic E-state index is 0.701. The van der Waals surface area contributed by atoms with Gasteiger partial charge in [-0.25, -0.2) is 0 Å². The van der Waals surface area contributed by atoms with E-state index in [1.807, 2.05) is 48.7 Å². The number of pyridine rings is 1. The first-order chi connectivity index (χ1) is 13.7. The second-order valence-corrected chi connectivity index (χ2v) is 6.61. The predicted octanol–water partition coefficient (Wildman–Crippen LogP) is 6.59. The number of benzene rings is 3. The normalized spacial score (nSPS) is 9.75. The lowest BCUT2D eigenvalue weighted by atomic mass is 10.00. The van der Waals surface area contributed by atoms with Gasteiger partial charge in [0.1, 0.15) is 0 Å². The third-order valence-electron chi connectivity index (χ3n) is 4.52. The Balaban J connectivity index is 0.000000162. The summed E-state index contributed by atoms with van der Waals surface area (Å²) < 4.78 is 0. The molecule has 0 aliphatic heterocycles. The van der Waals surface area contributed by atoms with Crippen molar-refractivity contribution in [1.29, 1.82) is 5.26 Å². The Bertz CT molecular complexity index is 1060. The molecule has 0 aliphatic rings. The van der Waals surface area contributed by atoms with Gasteiger partial charge in [0, 0.05) is 12.4 Å². The average Bonchev–Trinajstić information content (AvgIpc) is 2.76. The van der Waals surface area contributed by atoms with E-state index in [0.717, 1.165) is 5.56 Å². The fourth-order valence-corrected chi connectivity index (χ4v) is 2.90. The second-order valence-electron chi connectivity index (χ2n) is 6.61. The standard InChI is InChI=1S/C14H11N.C12H11N/c1-11-4-2-3-5-14(11)13-8-6-12(10-15)7-9-13;1-10-4-6-11(7-5-10)12-3-2-8-13-9-12/h2-9H,1H3;2-9H,1H3. The van der Waals surface area contributed by atoms with Crippen LogP contribution in [0.25, 0.3) is 22.3 Å². The molecule has 0 bridgehead atoms. The van der Waals surface area contributed by atoms with Crippen molar-refractivity contribution < 1.29 is 0 Å². The zero-order chi connectivity index (χ0) is 19.8. The lowest BCUT2D eigenvalue weighted by molar-refractivity contribution is 1.33. The zero-order valence-electron chi connectivity index (χ0n) is 16.1. The fraction of sp³-hybridized carbons (Fsp3) is 0.0769. The zero-order valence-corrected chi connectivity index (χ0v) is 16.1. The molecular formula is C26H22N2. The molecule has 1 aromatic heterocycles. The van der Waals surface area contributed by atoms with Crippen molar-refractivity contribution in [1.82, 2.24) is 4.98 Å². The molecule has 0 unspecified atom stereocenters. The quantitative estimate of drug-likeness (QED) is 0.403. The van der Waals surface area contributed by atoms with Crippen LogP contribution in [0.3, 0.4) is 0 Å². The summed E-state index contributed by atoms with van der Waals surface area (Å²) in [6.07, 6.45) is 3.67. The number of hydrogen-bond donors (Lipinski definition) is 0. The molecule has 2 nitrogen and oxygen atoms in total. The predicted molar refractivity (Wildman–Crippen MR) is 116 cm³/mol. The van der Waals surface area contributed by atoms with E-state index in [2.05, 4.69) is 67.4 Å². The minimum atomic E-state index is 0.701. The first kappa shape index (κ1) is 19.1. The maximum atomic E-state index is 8.70. The number of rotatable bonds is 2. The van der Waals surface area contributed by atoms with E-state index in [4.69, 9.17) is 5.26 Å². The third kappa shape index (κ3) is 4.93. The van der Waals surface area contributed by atoms with Gasteiger partial charge in [0.2, 0.25) is 0 Å². The number of nitrogens with zero attached hydrogens (tertiary/aromatic N) is 2. The molecule has 1 heterocycles. The van der Waals surface area contributed by atoms with Crippen LogP contribution in [0.4, 0.5) is 0 Å². The minimum Gasteiger partial charge on any atom is -0.264 e. The smallest absolute Gasteiger partial charge is 0.0991 e.